The van der Waals surface area contributed by atoms with Crippen LogP contribution in [0, 0.1) is 10.5 Å². The van der Waals surface area contributed by atoms with Crippen LogP contribution in [0.5, 0.6) is 0 Å². The first-order valence-electron chi connectivity index (χ1n) is 3.41. The number of nitrogens with one attached hydrogen (secondary N) is 1. The van der Waals surface area contributed by atoms with E-state index in [9.17, 15) is 4.39 Å². The van der Waals surface area contributed by atoms with Gasteiger partial charge in [-0.1, -0.05) is 18.3 Å². The van der Waals surface area contributed by atoms with Crippen molar-refractivity contribution in [3.8, 4) is 0 Å². The third-order valence-electron chi connectivity index (χ3n) is 1.63. The fraction of sp³-hybridized carbons (Fsp3) is 0. The molecule has 12 heavy (non-hydrogen) atoms. The number of rotatable bonds is 0. The lowest BCUT2D eigenvalue weighted by atomic mass is 10.2. The smallest absolute Gasteiger partial charge is 0.140 e. The van der Waals surface area contributed by atoms with E-state index in [4.69, 9.17) is 12.2 Å². The summed E-state index contributed by atoms with van der Waals surface area (Å²) in [5.74, 6) is -0.332. The molecule has 1 N–H and O–H groups in total. The summed E-state index contributed by atoms with van der Waals surface area (Å²) in [6.45, 7) is 0. The molecule has 2 nitrogen and oxygen atoms in total. The molecule has 0 fully saturated rings. The normalized spacial score (nSPS) is 10.4. The molecule has 2 aromatic rings. The molecular formula is C8H5FN2S. The van der Waals surface area contributed by atoms with Gasteiger partial charge in [-0.2, -0.15) is 0 Å². The minimum Gasteiger partial charge on any atom is -0.346 e. The van der Waals surface area contributed by atoms with Crippen LogP contribution in [-0.2, 0) is 0 Å². The Labute approximate surface area is 73.1 Å². The molecule has 0 amide bonds. The maximum atomic E-state index is 13.1. The highest BCUT2D eigenvalue weighted by Gasteiger charge is 2.00. The van der Waals surface area contributed by atoms with E-state index >= 15 is 0 Å². The Balaban J connectivity index is 3.07. The van der Waals surface area contributed by atoms with Crippen LogP contribution in [0.4, 0.5) is 4.39 Å². The van der Waals surface area contributed by atoms with Crippen molar-refractivity contribution < 1.29 is 4.39 Å². The summed E-state index contributed by atoms with van der Waals surface area (Å²) in [7, 11) is 0. The monoisotopic (exact) mass is 180 g/mol. The standard InChI is InChI=1S/C8H5FN2S/c9-5-2-1-3-6-7(5)8(12)11-4-10-6/h1-4H,(H,10,11,12). The van der Waals surface area contributed by atoms with Crippen LogP contribution in [0.1, 0.15) is 0 Å². The van der Waals surface area contributed by atoms with Gasteiger partial charge < -0.3 is 4.98 Å². The van der Waals surface area contributed by atoms with E-state index in [1.54, 1.807) is 12.1 Å². The van der Waals surface area contributed by atoms with Crippen molar-refractivity contribution in [1.82, 2.24) is 9.97 Å². The molecule has 0 atom stereocenters. The van der Waals surface area contributed by atoms with E-state index in [1.165, 1.54) is 12.4 Å². The van der Waals surface area contributed by atoms with Crippen LogP contribution < -0.4 is 0 Å². The highest BCUT2D eigenvalue weighted by atomic mass is 32.1. The second-order valence-electron chi connectivity index (χ2n) is 2.37. The van der Waals surface area contributed by atoms with Crippen LogP contribution in [0.3, 0.4) is 0 Å². The van der Waals surface area contributed by atoms with Crippen LogP contribution in [0.15, 0.2) is 24.5 Å². The lowest BCUT2D eigenvalue weighted by Crippen LogP contribution is -1.86. The van der Waals surface area contributed by atoms with Gasteiger partial charge in [-0.05, 0) is 12.1 Å². The van der Waals surface area contributed by atoms with E-state index in [2.05, 4.69) is 9.97 Å². The first-order chi connectivity index (χ1) is 5.79. The molecule has 0 saturated carbocycles. The van der Waals surface area contributed by atoms with Crippen molar-refractivity contribution in [2.45, 2.75) is 0 Å². The maximum absolute atomic E-state index is 13.1. The summed E-state index contributed by atoms with van der Waals surface area (Å²) < 4.78 is 13.4. The van der Waals surface area contributed by atoms with Gasteiger partial charge in [-0.25, -0.2) is 9.37 Å². The lowest BCUT2D eigenvalue weighted by molar-refractivity contribution is 0.639. The van der Waals surface area contributed by atoms with Gasteiger partial charge in [0.05, 0.1) is 17.2 Å². The zero-order chi connectivity index (χ0) is 8.55. The summed E-state index contributed by atoms with van der Waals surface area (Å²) in [6, 6.07) is 4.76. The summed E-state index contributed by atoms with van der Waals surface area (Å²) >= 11 is 4.87. The molecule has 1 aromatic carbocycles. The van der Waals surface area contributed by atoms with Gasteiger partial charge in [-0.3, -0.25) is 0 Å². The maximum Gasteiger partial charge on any atom is 0.140 e. The molecule has 0 unspecified atom stereocenters. The van der Waals surface area contributed by atoms with Crippen LogP contribution in [0.2, 0.25) is 0 Å². The second kappa shape index (κ2) is 2.64. The molecule has 1 aromatic heterocycles. The minimum atomic E-state index is -0.332. The predicted octanol–water partition coefficient (Wildman–Crippen LogP) is 2.43. The van der Waals surface area contributed by atoms with Crippen LogP contribution >= 0.6 is 12.2 Å². The van der Waals surface area contributed by atoms with Crippen molar-refractivity contribution in [2.75, 3.05) is 0 Å². The van der Waals surface area contributed by atoms with Crippen molar-refractivity contribution in [1.29, 1.82) is 0 Å². The summed E-state index contributed by atoms with van der Waals surface area (Å²) in [5, 5.41) is 0.384. The summed E-state index contributed by atoms with van der Waals surface area (Å²) in [5.41, 5.74) is 0.676. The highest BCUT2D eigenvalue weighted by molar-refractivity contribution is 7.71. The number of hydrogen-bond acceptors (Lipinski definition) is 2. The van der Waals surface area contributed by atoms with E-state index < -0.39 is 0 Å². The fourth-order valence-electron chi connectivity index (χ4n) is 1.09. The van der Waals surface area contributed by atoms with Gasteiger partial charge in [0.15, 0.2) is 0 Å². The third-order valence-corrected chi connectivity index (χ3v) is 1.94. The highest BCUT2D eigenvalue weighted by Crippen LogP contribution is 2.14. The molecule has 1 heterocycles. The van der Waals surface area contributed by atoms with E-state index in [0.717, 1.165) is 0 Å². The van der Waals surface area contributed by atoms with E-state index in [-0.39, 0.29) is 5.82 Å². The molecule has 2 rings (SSSR count). The zero-order valence-electron chi connectivity index (χ0n) is 6.04. The number of nitrogens with zero attached hydrogens (tertiary/aromatic N) is 1. The number of fused-ring (bicyclic) bond motifs is 1. The molecule has 0 aliphatic heterocycles. The topological polar surface area (TPSA) is 28.7 Å². The Morgan fingerprint density at radius 1 is 1.42 bits per heavy atom. The minimum absolute atomic E-state index is 0.293. The van der Waals surface area contributed by atoms with Crippen molar-refractivity contribution in [3.63, 3.8) is 0 Å². The Kier molecular flexibility index (Phi) is 1.62. The number of aromatic amines is 1. The summed E-state index contributed by atoms with van der Waals surface area (Å²) in [6.07, 6.45) is 1.46. The van der Waals surface area contributed by atoms with Crippen LogP contribution in [-0.4, -0.2) is 9.97 Å². The predicted molar refractivity (Wildman–Crippen MR) is 46.9 cm³/mol. The first-order valence-corrected chi connectivity index (χ1v) is 3.82. The van der Waals surface area contributed by atoms with Gasteiger partial charge >= 0.3 is 0 Å². The number of hydrogen-bond donors (Lipinski definition) is 1. The number of benzene rings is 1. The van der Waals surface area contributed by atoms with Crippen molar-refractivity contribution >= 4 is 23.1 Å². The molecule has 0 radical (unpaired) electrons. The third kappa shape index (κ3) is 1.00. The van der Waals surface area contributed by atoms with Crippen molar-refractivity contribution in [3.05, 3.63) is 35.0 Å². The average molecular weight is 180 g/mol. The number of aromatic nitrogens is 2. The Bertz CT molecular complexity index is 472. The zero-order valence-corrected chi connectivity index (χ0v) is 6.86. The second-order valence-corrected chi connectivity index (χ2v) is 2.76. The largest absolute Gasteiger partial charge is 0.346 e. The molecule has 0 aliphatic carbocycles. The Morgan fingerprint density at radius 3 is 3.00 bits per heavy atom. The van der Waals surface area contributed by atoms with Crippen molar-refractivity contribution in [2.24, 2.45) is 0 Å². The number of H-pyrrole nitrogens is 1. The lowest BCUT2D eigenvalue weighted by Gasteiger charge is -1.96. The molecule has 0 spiro atoms. The Hall–Kier alpha value is -1.29. The molecule has 0 bridgehead atoms. The summed E-state index contributed by atoms with van der Waals surface area (Å²) in [4.78, 5) is 6.60. The molecule has 60 valence electrons. The SMILES string of the molecule is Fc1cccc2[nH]cnc(=S)c12. The number of halogens is 1. The molecule has 4 heteroatoms. The van der Waals surface area contributed by atoms with Gasteiger partial charge in [0.25, 0.3) is 0 Å². The first kappa shape index (κ1) is 7.36. The fourth-order valence-corrected chi connectivity index (χ4v) is 1.35. The van der Waals surface area contributed by atoms with Gasteiger partial charge in [0.1, 0.15) is 10.5 Å². The van der Waals surface area contributed by atoms with Gasteiger partial charge in [0.2, 0.25) is 0 Å². The van der Waals surface area contributed by atoms with Crippen LogP contribution in [0.25, 0.3) is 10.9 Å². The van der Waals surface area contributed by atoms with E-state index in [0.29, 0.717) is 15.5 Å². The Morgan fingerprint density at radius 2 is 2.25 bits per heavy atom. The molecule has 0 saturated heterocycles. The van der Waals surface area contributed by atoms with E-state index in [1.807, 2.05) is 0 Å². The quantitative estimate of drug-likeness (QED) is 0.631. The van der Waals surface area contributed by atoms with Gasteiger partial charge in [-0.15, -0.1) is 0 Å². The molecule has 0 aliphatic rings. The van der Waals surface area contributed by atoms with Gasteiger partial charge in [0, 0.05) is 0 Å². The average Bonchev–Trinajstić information content (AvgIpc) is 2.04. The molecular weight excluding hydrogens is 175 g/mol.